The molecule has 2 heterocycles. The summed E-state index contributed by atoms with van der Waals surface area (Å²) >= 11 is 1.48. The van der Waals surface area contributed by atoms with Crippen molar-refractivity contribution in [3.63, 3.8) is 0 Å². The number of aromatic nitrogens is 6. The largest absolute Gasteiger partial charge is 0.338 e. The third-order valence-corrected chi connectivity index (χ3v) is 3.31. The second-order valence-corrected chi connectivity index (χ2v) is 6.33. The molecular formula is C11H19N7OS. The molecule has 0 saturated carbocycles. The van der Waals surface area contributed by atoms with Gasteiger partial charge in [-0.1, -0.05) is 16.9 Å². The summed E-state index contributed by atoms with van der Waals surface area (Å²) in [4.78, 5) is 4.15. The lowest BCUT2D eigenvalue weighted by Crippen LogP contribution is -2.38. The van der Waals surface area contributed by atoms with Crippen LogP contribution < -0.4 is 5.32 Å². The Bertz CT molecular complexity index is 545. The first-order valence-corrected chi connectivity index (χ1v) is 7.36. The number of hydrogen-bond acceptors (Lipinski definition) is 8. The molecule has 20 heavy (non-hydrogen) atoms. The molecule has 0 aliphatic carbocycles. The average molecular weight is 297 g/mol. The highest BCUT2D eigenvalue weighted by molar-refractivity contribution is 7.98. The van der Waals surface area contributed by atoms with Crippen molar-refractivity contribution in [3.8, 4) is 0 Å². The molecule has 0 unspecified atom stereocenters. The summed E-state index contributed by atoms with van der Waals surface area (Å²) < 4.78 is 6.83. The molecule has 0 saturated heterocycles. The van der Waals surface area contributed by atoms with Crippen molar-refractivity contribution in [2.45, 2.75) is 50.7 Å². The van der Waals surface area contributed by atoms with Gasteiger partial charge in [0.05, 0.1) is 12.3 Å². The number of nitrogens with zero attached hydrogens (tertiary/aromatic N) is 6. The molecule has 0 radical (unpaired) electrons. The van der Waals surface area contributed by atoms with Gasteiger partial charge in [0.2, 0.25) is 11.0 Å². The minimum atomic E-state index is 0.0859. The van der Waals surface area contributed by atoms with E-state index in [1.54, 1.807) is 11.6 Å². The van der Waals surface area contributed by atoms with Crippen molar-refractivity contribution < 1.29 is 4.52 Å². The summed E-state index contributed by atoms with van der Waals surface area (Å²) in [5, 5.41) is 19.6. The van der Waals surface area contributed by atoms with Gasteiger partial charge in [-0.3, -0.25) is 0 Å². The first kappa shape index (κ1) is 14.9. The van der Waals surface area contributed by atoms with Crippen LogP contribution in [0.5, 0.6) is 0 Å². The van der Waals surface area contributed by atoms with E-state index in [2.05, 4.69) is 51.8 Å². The summed E-state index contributed by atoms with van der Waals surface area (Å²) in [6.45, 7) is 9.69. The van der Waals surface area contributed by atoms with E-state index in [0.717, 1.165) is 18.2 Å². The van der Waals surface area contributed by atoms with Gasteiger partial charge in [-0.25, -0.2) is 4.68 Å². The third kappa shape index (κ3) is 4.57. The van der Waals surface area contributed by atoms with Crippen LogP contribution in [0.1, 0.15) is 32.5 Å². The molecule has 0 bridgehead atoms. The van der Waals surface area contributed by atoms with Crippen LogP contribution in [-0.2, 0) is 12.3 Å². The minimum absolute atomic E-state index is 0.0859. The van der Waals surface area contributed by atoms with Gasteiger partial charge in [-0.05, 0) is 38.1 Å². The molecule has 110 valence electrons. The Hall–Kier alpha value is -1.48. The molecule has 1 N–H and O–H groups in total. The van der Waals surface area contributed by atoms with E-state index in [1.807, 2.05) is 0 Å². The average Bonchev–Trinajstić information content (AvgIpc) is 2.94. The highest BCUT2D eigenvalue weighted by Crippen LogP contribution is 2.18. The molecule has 0 aliphatic heterocycles. The maximum Gasteiger partial charge on any atom is 0.237 e. The number of aryl methyl sites for hydroxylation is 1. The Morgan fingerprint density at radius 3 is 2.80 bits per heavy atom. The van der Waals surface area contributed by atoms with Gasteiger partial charge in [0, 0.05) is 12.1 Å². The molecule has 9 heteroatoms. The van der Waals surface area contributed by atoms with Gasteiger partial charge in [-0.2, -0.15) is 4.98 Å². The Labute approximate surface area is 121 Å². The summed E-state index contributed by atoms with van der Waals surface area (Å²) in [6.07, 6.45) is 0. The van der Waals surface area contributed by atoms with E-state index in [9.17, 15) is 0 Å². The Kier molecular flexibility index (Phi) is 4.71. The van der Waals surface area contributed by atoms with Crippen molar-refractivity contribution in [2.75, 3.05) is 6.54 Å². The van der Waals surface area contributed by atoms with Crippen LogP contribution in [-0.4, -0.2) is 42.4 Å². The van der Waals surface area contributed by atoms with Crippen molar-refractivity contribution >= 4 is 11.8 Å². The predicted octanol–water partition coefficient (Wildman–Crippen LogP) is 1.04. The molecule has 0 aromatic carbocycles. The molecular weight excluding hydrogens is 278 g/mol. The summed E-state index contributed by atoms with van der Waals surface area (Å²) in [6, 6.07) is 0. The highest BCUT2D eigenvalue weighted by atomic mass is 32.2. The van der Waals surface area contributed by atoms with Gasteiger partial charge in [0.25, 0.3) is 0 Å². The van der Waals surface area contributed by atoms with Gasteiger partial charge in [0.1, 0.15) is 0 Å². The summed E-state index contributed by atoms with van der Waals surface area (Å²) in [7, 11) is 0. The first-order chi connectivity index (χ1) is 9.44. The Morgan fingerprint density at radius 1 is 1.35 bits per heavy atom. The Morgan fingerprint density at radius 2 is 2.15 bits per heavy atom. The summed E-state index contributed by atoms with van der Waals surface area (Å²) in [5.74, 6) is 1.78. The van der Waals surface area contributed by atoms with Crippen LogP contribution in [0.2, 0.25) is 0 Å². The molecule has 0 amide bonds. The fourth-order valence-electron chi connectivity index (χ4n) is 1.50. The molecule has 2 aromatic rings. The standard InChI is InChI=1S/C11H19N7OS/c1-8-13-9(19-15-8)7-20-10-14-16-17-18(10)6-5-12-11(2,3)4/h12H,5-7H2,1-4H3. The number of rotatable bonds is 6. The fourth-order valence-corrected chi connectivity index (χ4v) is 2.24. The van der Waals surface area contributed by atoms with Crippen molar-refractivity contribution in [3.05, 3.63) is 11.7 Å². The number of thioether (sulfide) groups is 1. The maximum absolute atomic E-state index is 5.06. The molecule has 0 spiro atoms. The van der Waals surface area contributed by atoms with Crippen LogP contribution in [0.3, 0.4) is 0 Å². The minimum Gasteiger partial charge on any atom is -0.338 e. The lowest BCUT2D eigenvalue weighted by Gasteiger charge is -2.20. The van der Waals surface area contributed by atoms with Gasteiger partial charge in [-0.15, -0.1) is 5.10 Å². The van der Waals surface area contributed by atoms with Crippen LogP contribution in [0.25, 0.3) is 0 Å². The summed E-state index contributed by atoms with van der Waals surface area (Å²) in [5.41, 5.74) is 0.0859. The van der Waals surface area contributed by atoms with Crippen LogP contribution >= 0.6 is 11.8 Å². The van der Waals surface area contributed by atoms with Gasteiger partial charge < -0.3 is 9.84 Å². The van der Waals surface area contributed by atoms with E-state index in [-0.39, 0.29) is 5.54 Å². The maximum atomic E-state index is 5.06. The van der Waals surface area contributed by atoms with Crippen molar-refractivity contribution in [1.29, 1.82) is 0 Å². The van der Waals surface area contributed by atoms with E-state index in [4.69, 9.17) is 4.52 Å². The second kappa shape index (κ2) is 6.31. The number of nitrogens with one attached hydrogen (secondary N) is 1. The fraction of sp³-hybridized carbons (Fsp3) is 0.727. The molecule has 2 rings (SSSR count). The van der Waals surface area contributed by atoms with E-state index >= 15 is 0 Å². The van der Waals surface area contributed by atoms with Crippen molar-refractivity contribution in [1.82, 2.24) is 35.7 Å². The normalized spacial score (nSPS) is 12.0. The zero-order chi connectivity index (χ0) is 14.6. The van der Waals surface area contributed by atoms with E-state index < -0.39 is 0 Å². The van der Waals surface area contributed by atoms with Gasteiger partial charge in [0.15, 0.2) is 5.82 Å². The predicted molar refractivity (Wildman–Crippen MR) is 74.2 cm³/mol. The van der Waals surface area contributed by atoms with Crippen LogP contribution in [0, 0.1) is 6.92 Å². The Balaban J connectivity index is 1.85. The lowest BCUT2D eigenvalue weighted by molar-refractivity contribution is 0.386. The SMILES string of the molecule is Cc1noc(CSc2nnnn2CCNC(C)(C)C)n1. The molecule has 0 fully saturated rings. The monoisotopic (exact) mass is 297 g/mol. The van der Waals surface area contributed by atoms with Gasteiger partial charge >= 0.3 is 0 Å². The molecule has 0 atom stereocenters. The van der Waals surface area contributed by atoms with E-state index in [0.29, 0.717) is 17.5 Å². The quantitative estimate of drug-likeness (QED) is 0.790. The molecule has 0 aliphatic rings. The zero-order valence-corrected chi connectivity index (χ0v) is 12.9. The second-order valence-electron chi connectivity index (χ2n) is 5.39. The van der Waals surface area contributed by atoms with Crippen molar-refractivity contribution in [2.24, 2.45) is 0 Å². The number of hydrogen-bond donors (Lipinski definition) is 1. The molecule has 2 aromatic heterocycles. The smallest absolute Gasteiger partial charge is 0.237 e. The lowest BCUT2D eigenvalue weighted by atomic mass is 10.1. The van der Waals surface area contributed by atoms with Crippen LogP contribution in [0.4, 0.5) is 0 Å². The third-order valence-electron chi connectivity index (χ3n) is 2.37. The first-order valence-electron chi connectivity index (χ1n) is 6.37. The van der Waals surface area contributed by atoms with Crippen LogP contribution in [0.15, 0.2) is 9.68 Å². The molecule has 8 nitrogen and oxygen atoms in total. The number of tetrazole rings is 1. The van der Waals surface area contributed by atoms with E-state index in [1.165, 1.54) is 11.8 Å². The topological polar surface area (TPSA) is 94.5 Å². The zero-order valence-electron chi connectivity index (χ0n) is 12.1. The highest BCUT2D eigenvalue weighted by Gasteiger charge is 2.12.